The predicted molar refractivity (Wildman–Crippen MR) is 76.9 cm³/mol. The quantitative estimate of drug-likeness (QED) is 0.916. The lowest BCUT2D eigenvalue weighted by atomic mass is 9.99. The average Bonchev–Trinajstić information content (AvgIpc) is 2.71. The maximum atomic E-state index is 6.36. The fourth-order valence-electron chi connectivity index (χ4n) is 2.18. The molecule has 0 amide bonds. The number of benzene rings is 1. The maximum absolute atomic E-state index is 6.36. The minimum absolute atomic E-state index is 0.419. The summed E-state index contributed by atoms with van der Waals surface area (Å²) in [6, 6.07) is 5.82. The lowest BCUT2D eigenvalue weighted by Crippen LogP contribution is -2.35. The average molecular weight is 266 g/mol. The molecule has 0 fully saturated rings. The van der Waals surface area contributed by atoms with Crippen molar-refractivity contribution in [2.75, 3.05) is 0 Å². The van der Waals surface area contributed by atoms with Crippen molar-refractivity contribution in [3.05, 3.63) is 29.0 Å². The Labute approximate surface area is 113 Å². The van der Waals surface area contributed by atoms with Gasteiger partial charge in [0.05, 0.1) is 21.6 Å². The van der Waals surface area contributed by atoms with Gasteiger partial charge in [0.2, 0.25) is 0 Å². The van der Waals surface area contributed by atoms with Gasteiger partial charge in [0.1, 0.15) is 5.82 Å². The third-order valence-corrected chi connectivity index (χ3v) is 3.71. The highest BCUT2D eigenvalue weighted by Gasteiger charge is 2.26. The van der Waals surface area contributed by atoms with E-state index >= 15 is 0 Å². The van der Waals surface area contributed by atoms with Crippen LogP contribution in [0.3, 0.4) is 0 Å². The smallest absolute Gasteiger partial charge is 0.129 e. The number of imidazole rings is 1. The van der Waals surface area contributed by atoms with Crippen LogP contribution in [-0.2, 0) is 12.1 Å². The van der Waals surface area contributed by atoms with Gasteiger partial charge in [-0.05, 0) is 31.9 Å². The number of hydrogen-bond donors (Lipinski definition) is 1. The van der Waals surface area contributed by atoms with E-state index in [-0.39, 0.29) is 0 Å². The molecule has 1 heterocycles. The molecule has 0 aliphatic heterocycles. The van der Waals surface area contributed by atoms with E-state index < -0.39 is 5.54 Å². The first kappa shape index (κ1) is 13.4. The molecular formula is C14H20ClN3. The van der Waals surface area contributed by atoms with Gasteiger partial charge < -0.3 is 10.3 Å². The Morgan fingerprint density at radius 2 is 2.11 bits per heavy atom. The third kappa shape index (κ3) is 2.13. The lowest BCUT2D eigenvalue weighted by molar-refractivity contribution is 0.422. The van der Waals surface area contributed by atoms with E-state index in [1.165, 1.54) is 0 Å². The van der Waals surface area contributed by atoms with E-state index in [1.54, 1.807) is 0 Å². The van der Waals surface area contributed by atoms with Crippen LogP contribution in [0.4, 0.5) is 0 Å². The van der Waals surface area contributed by atoms with Gasteiger partial charge in [0, 0.05) is 6.54 Å². The van der Waals surface area contributed by atoms with Crippen LogP contribution < -0.4 is 5.73 Å². The van der Waals surface area contributed by atoms with Crippen molar-refractivity contribution in [3.63, 3.8) is 0 Å². The summed E-state index contributed by atoms with van der Waals surface area (Å²) < 4.78 is 2.17. The highest BCUT2D eigenvalue weighted by atomic mass is 35.5. The minimum Gasteiger partial charge on any atom is -0.325 e. The van der Waals surface area contributed by atoms with Crippen LogP contribution >= 0.6 is 11.6 Å². The second kappa shape index (κ2) is 4.90. The fraction of sp³-hybridized carbons (Fsp3) is 0.500. The first-order valence-corrected chi connectivity index (χ1v) is 6.83. The van der Waals surface area contributed by atoms with E-state index in [1.807, 2.05) is 25.1 Å². The first-order chi connectivity index (χ1) is 8.51. The van der Waals surface area contributed by atoms with Gasteiger partial charge in [-0.25, -0.2) is 4.98 Å². The summed E-state index contributed by atoms with van der Waals surface area (Å²) in [6.45, 7) is 7.14. The number of rotatable bonds is 4. The molecular weight excluding hydrogens is 246 g/mol. The van der Waals surface area contributed by atoms with Gasteiger partial charge in [-0.1, -0.05) is 31.5 Å². The number of fused-ring (bicyclic) bond motifs is 1. The van der Waals surface area contributed by atoms with Gasteiger partial charge >= 0.3 is 0 Å². The van der Waals surface area contributed by atoms with E-state index in [2.05, 4.69) is 23.4 Å². The molecule has 98 valence electrons. The van der Waals surface area contributed by atoms with Crippen LogP contribution in [-0.4, -0.2) is 9.55 Å². The molecule has 0 radical (unpaired) electrons. The Morgan fingerprint density at radius 1 is 1.39 bits per heavy atom. The second-order valence-electron chi connectivity index (χ2n) is 4.97. The molecule has 0 spiro atoms. The molecule has 3 nitrogen and oxygen atoms in total. The molecule has 0 aliphatic carbocycles. The lowest BCUT2D eigenvalue weighted by Gasteiger charge is -2.23. The molecule has 4 heteroatoms. The third-order valence-electron chi connectivity index (χ3n) is 3.41. The summed E-state index contributed by atoms with van der Waals surface area (Å²) in [6.07, 6.45) is 1.88. The van der Waals surface area contributed by atoms with Gasteiger partial charge in [0.25, 0.3) is 0 Å². The number of halogens is 1. The standard InChI is InChI=1S/C14H20ClN3/c1-4-9-18-12-10(15)7-6-8-11(12)17-13(18)14(3,16)5-2/h6-8H,4-5,9,16H2,1-3H3. The summed E-state index contributed by atoms with van der Waals surface area (Å²) in [5, 5.41) is 0.742. The van der Waals surface area contributed by atoms with E-state index in [0.717, 1.165) is 41.3 Å². The number of nitrogens with zero attached hydrogens (tertiary/aromatic N) is 2. The number of aromatic nitrogens is 2. The molecule has 1 aromatic carbocycles. The van der Waals surface area contributed by atoms with Crippen LogP contribution in [0.25, 0.3) is 11.0 Å². The van der Waals surface area contributed by atoms with Crippen molar-refractivity contribution >= 4 is 22.6 Å². The molecule has 0 aliphatic rings. The number of nitrogens with two attached hydrogens (primary N) is 1. The van der Waals surface area contributed by atoms with Crippen LogP contribution in [0.15, 0.2) is 18.2 Å². The monoisotopic (exact) mass is 265 g/mol. The molecule has 0 bridgehead atoms. The summed E-state index contributed by atoms with van der Waals surface area (Å²) in [5.41, 5.74) is 7.86. The number of hydrogen-bond acceptors (Lipinski definition) is 2. The number of aryl methyl sites for hydroxylation is 1. The molecule has 2 rings (SSSR count). The zero-order chi connectivity index (χ0) is 13.3. The van der Waals surface area contributed by atoms with E-state index in [4.69, 9.17) is 17.3 Å². The first-order valence-electron chi connectivity index (χ1n) is 6.45. The van der Waals surface area contributed by atoms with Gasteiger partial charge in [-0.3, -0.25) is 0 Å². The van der Waals surface area contributed by atoms with Crippen molar-refractivity contribution in [3.8, 4) is 0 Å². The molecule has 0 saturated heterocycles. The maximum Gasteiger partial charge on any atom is 0.129 e. The van der Waals surface area contributed by atoms with Gasteiger partial charge in [-0.2, -0.15) is 0 Å². The largest absolute Gasteiger partial charge is 0.325 e. The Kier molecular flexibility index (Phi) is 3.64. The molecule has 1 aromatic heterocycles. The Morgan fingerprint density at radius 3 is 2.72 bits per heavy atom. The summed E-state index contributed by atoms with van der Waals surface area (Å²) in [5.74, 6) is 0.926. The van der Waals surface area contributed by atoms with Gasteiger partial charge in [-0.15, -0.1) is 0 Å². The van der Waals surface area contributed by atoms with Crippen LogP contribution in [0.2, 0.25) is 5.02 Å². The molecule has 18 heavy (non-hydrogen) atoms. The van der Waals surface area contributed by atoms with E-state index in [9.17, 15) is 0 Å². The summed E-state index contributed by atoms with van der Waals surface area (Å²) in [4.78, 5) is 4.69. The van der Waals surface area contributed by atoms with Crippen LogP contribution in [0.5, 0.6) is 0 Å². The Bertz CT molecular complexity index is 557. The summed E-state index contributed by atoms with van der Waals surface area (Å²) >= 11 is 6.30. The Hall–Kier alpha value is -1.06. The minimum atomic E-state index is -0.419. The van der Waals surface area contributed by atoms with Crippen molar-refractivity contribution in [1.82, 2.24) is 9.55 Å². The molecule has 2 N–H and O–H groups in total. The highest BCUT2D eigenvalue weighted by Crippen LogP contribution is 2.30. The normalized spacial score (nSPS) is 14.9. The van der Waals surface area contributed by atoms with Crippen molar-refractivity contribution in [2.24, 2.45) is 5.73 Å². The predicted octanol–water partition coefficient (Wildman–Crippen LogP) is 3.68. The van der Waals surface area contributed by atoms with Gasteiger partial charge in [0.15, 0.2) is 0 Å². The van der Waals surface area contributed by atoms with Crippen LogP contribution in [0.1, 0.15) is 39.4 Å². The van der Waals surface area contributed by atoms with E-state index in [0.29, 0.717) is 0 Å². The zero-order valence-electron chi connectivity index (χ0n) is 11.2. The van der Waals surface area contributed by atoms with Crippen LogP contribution in [0, 0.1) is 0 Å². The SMILES string of the molecule is CCCn1c(C(C)(N)CC)nc2cccc(Cl)c21. The van der Waals surface area contributed by atoms with Crippen molar-refractivity contribution in [2.45, 2.75) is 45.7 Å². The molecule has 1 unspecified atom stereocenters. The van der Waals surface area contributed by atoms with Crippen molar-refractivity contribution < 1.29 is 0 Å². The second-order valence-corrected chi connectivity index (χ2v) is 5.37. The molecule has 1 atom stereocenters. The van der Waals surface area contributed by atoms with Crippen molar-refractivity contribution in [1.29, 1.82) is 0 Å². The number of para-hydroxylation sites is 1. The summed E-state index contributed by atoms with van der Waals surface area (Å²) in [7, 11) is 0. The highest BCUT2D eigenvalue weighted by molar-refractivity contribution is 6.35. The zero-order valence-corrected chi connectivity index (χ0v) is 12.0. The molecule has 2 aromatic rings. The Balaban J connectivity index is 2.74. The topological polar surface area (TPSA) is 43.8 Å². The fourth-order valence-corrected chi connectivity index (χ4v) is 2.45. The molecule has 0 saturated carbocycles.